The van der Waals surface area contributed by atoms with Crippen molar-refractivity contribution < 1.29 is 0 Å². The molecule has 94 heavy (non-hydrogen) atoms. The first kappa shape index (κ1) is 67.4. The second-order valence-corrected chi connectivity index (χ2v) is 26.3. The summed E-state index contributed by atoms with van der Waals surface area (Å²) in [5.41, 5.74) is 28.1. The highest BCUT2D eigenvalue weighted by Gasteiger charge is 2.45. The van der Waals surface area contributed by atoms with E-state index in [1.54, 1.807) is 11.1 Å². The highest BCUT2D eigenvalue weighted by atomic mass is 15.2. The zero-order chi connectivity index (χ0) is 66.0. The van der Waals surface area contributed by atoms with Crippen LogP contribution in [0, 0.1) is 53.4 Å². The fraction of sp³-hybridized carbons (Fsp3) is 0.253. The Morgan fingerprint density at radius 2 is 0.617 bits per heavy atom. The molecule has 478 valence electrons. The van der Waals surface area contributed by atoms with Gasteiger partial charge < -0.3 is 14.7 Å². The van der Waals surface area contributed by atoms with Crippen LogP contribution in [0.2, 0.25) is 0 Å². The van der Waals surface area contributed by atoms with Crippen LogP contribution in [0.5, 0.6) is 0 Å². The maximum Gasteiger partial charge on any atom is 0.0467 e. The number of aryl methyl sites for hydroxylation is 6. The average Bonchev–Trinajstić information content (AvgIpc) is 1.56. The van der Waals surface area contributed by atoms with Crippen LogP contribution in [0.25, 0.3) is 28.3 Å². The molecule has 11 aromatic carbocycles. The molecule has 0 radical (unpaired) electrons. The Labute approximate surface area is 565 Å². The van der Waals surface area contributed by atoms with Crippen LogP contribution >= 0.6 is 0 Å². The van der Waals surface area contributed by atoms with E-state index in [-0.39, 0.29) is 5.41 Å². The highest BCUT2D eigenvalue weighted by Crippen LogP contribution is 2.57. The lowest BCUT2D eigenvalue weighted by atomic mass is 9.65. The third kappa shape index (κ3) is 16.5. The van der Waals surface area contributed by atoms with Crippen molar-refractivity contribution in [1.82, 2.24) is 0 Å². The standard InChI is InChI=1S/C38H32N2.C31H46.C22H21N/c1-29-13-21-35(22-14-29)39(33-9-5-3-6-10-33)37-25-17-31(18-26-37)32-19-27-38(28-20-32)40(34-11-7-4-8-12-34)36-23-15-30(2)16-24-36;1-7-11-13-25(9-3)21-31(22-26(10-4)14-12-8-2)29-19-23(5)15-17-27(29)28-18-16-24(6)20-30(28)31;1-4-19-6-5-7-22(16-19)23(20-12-8-17(2)9-13-20)21-14-10-18(3)11-15-21/h3-28H,1-2H3;15-20,25-26H,7-14,21-22H2,1-6H3;4-16H,1H2,2-3H3. The predicted molar refractivity (Wildman–Crippen MR) is 409 cm³/mol. The van der Waals surface area contributed by atoms with E-state index in [1.165, 1.54) is 120 Å². The van der Waals surface area contributed by atoms with Gasteiger partial charge in [0, 0.05) is 56.6 Å². The SMILES string of the molecule is C=Cc1cccc(N(c2ccc(C)cc2)c2ccc(C)cc2)c1.CCCCC(CC)CC1(CC(CC)CCCC)c2cc(C)ccc2-c2ccc(C)cc21.Cc1ccc(N(c2ccccc2)c2ccc(-c3ccc(N(c4ccccc4)c4ccc(C)cc4)cc3)cc2)cc1. The zero-order valence-corrected chi connectivity index (χ0v) is 57.8. The molecule has 0 aromatic heterocycles. The Morgan fingerprint density at radius 1 is 0.319 bits per heavy atom. The van der Waals surface area contributed by atoms with E-state index in [2.05, 4.69) is 357 Å². The van der Waals surface area contributed by atoms with E-state index < -0.39 is 0 Å². The Bertz CT molecular complexity index is 3880. The van der Waals surface area contributed by atoms with Crippen molar-refractivity contribution in [2.45, 2.75) is 139 Å². The molecule has 0 saturated carbocycles. The van der Waals surface area contributed by atoms with Gasteiger partial charge in [-0.05, 0) is 214 Å². The summed E-state index contributed by atoms with van der Waals surface area (Å²) in [6, 6.07) is 96.4. The van der Waals surface area contributed by atoms with Crippen LogP contribution in [0.4, 0.5) is 51.2 Å². The van der Waals surface area contributed by atoms with Crippen molar-refractivity contribution in [2.75, 3.05) is 14.7 Å². The van der Waals surface area contributed by atoms with Crippen LogP contribution in [0.1, 0.15) is 142 Å². The molecule has 1 aliphatic carbocycles. The lowest BCUT2D eigenvalue weighted by molar-refractivity contribution is 0.266. The van der Waals surface area contributed by atoms with Gasteiger partial charge in [-0.15, -0.1) is 0 Å². The van der Waals surface area contributed by atoms with E-state index in [0.29, 0.717) is 0 Å². The number of unbranched alkanes of at least 4 members (excludes halogenated alkanes) is 2. The van der Waals surface area contributed by atoms with Crippen LogP contribution < -0.4 is 14.7 Å². The first-order valence-electron chi connectivity index (χ1n) is 34.7. The van der Waals surface area contributed by atoms with Crippen molar-refractivity contribution in [3.8, 4) is 22.3 Å². The molecule has 2 atom stereocenters. The molecule has 0 spiro atoms. The second-order valence-electron chi connectivity index (χ2n) is 26.3. The number of para-hydroxylation sites is 2. The molecule has 0 bridgehead atoms. The van der Waals surface area contributed by atoms with Gasteiger partial charge in [-0.3, -0.25) is 0 Å². The van der Waals surface area contributed by atoms with E-state index >= 15 is 0 Å². The Hall–Kier alpha value is -9.44. The number of benzene rings is 11. The van der Waals surface area contributed by atoms with E-state index in [9.17, 15) is 0 Å². The molecule has 2 unspecified atom stereocenters. The molecule has 12 rings (SSSR count). The molecule has 0 heterocycles. The molecule has 0 fully saturated rings. The number of anilines is 9. The van der Waals surface area contributed by atoms with Crippen LogP contribution in [-0.2, 0) is 5.41 Å². The zero-order valence-electron chi connectivity index (χ0n) is 57.8. The van der Waals surface area contributed by atoms with Crippen molar-refractivity contribution in [3.63, 3.8) is 0 Å². The summed E-state index contributed by atoms with van der Waals surface area (Å²) in [6.45, 7) is 26.4. The molecule has 0 amide bonds. The van der Waals surface area contributed by atoms with E-state index in [4.69, 9.17) is 0 Å². The largest absolute Gasteiger partial charge is 0.311 e. The molecule has 0 aliphatic heterocycles. The number of hydrogen-bond donors (Lipinski definition) is 0. The smallest absolute Gasteiger partial charge is 0.0467 e. The van der Waals surface area contributed by atoms with Gasteiger partial charge in [-0.2, -0.15) is 0 Å². The molecular weight excluding hydrogens is 1140 g/mol. The normalized spacial score (nSPS) is 12.4. The third-order valence-corrected chi connectivity index (χ3v) is 19.2. The van der Waals surface area contributed by atoms with Gasteiger partial charge >= 0.3 is 0 Å². The van der Waals surface area contributed by atoms with Crippen LogP contribution in [-0.4, -0.2) is 0 Å². The lowest BCUT2D eigenvalue weighted by Crippen LogP contribution is -2.31. The monoisotopic (exact) mass is 1230 g/mol. The summed E-state index contributed by atoms with van der Waals surface area (Å²) < 4.78 is 0. The highest BCUT2D eigenvalue weighted by molar-refractivity contribution is 5.84. The lowest BCUT2D eigenvalue weighted by Gasteiger charge is -2.39. The summed E-state index contributed by atoms with van der Waals surface area (Å²) in [7, 11) is 0. The van der Waals surface area contributed by atoms with Crippen molar-refractivity contribution >= 4 is 57.3 Å². The minimum Gasteiger partial charge on any atom is -0.311 e. The number of hydrogen-bond acceptors (Lipinski definition) is 3. The van der Waals surface area contributed by atoms with E-state index in [1.807, 2.05) is 6.08 Å². The molecule has 1 aliphatic rings. The van der Waals surface area contributed by atoms with Gasteiger partial charge in [0.05, 0.1) is 0 Å². The Morgan fingerprint density at radius 3 is 0.936 bits per heavy atom. The fourth-order valence-corrected chi connectivity index (χ4v) is 13.8. The molecule has 0 saturated heterocycles. The average molecular weight is 1230 g/mol. The summed E-state index contributed by atoms with van der Waals surface area (Å²) >= 11 is 0. The number of fused-ring (bicyclic) bond motifs is 3. The minimum atomic E-state index is 0.186. The maximum absolute atomic E-state index is 3.88. The second kappa shape index (κ2) is 32.4. The van der Waals surface area contributed by atoms with Crippen molar-refractivity contribution in [2.24, 2.45) is 11.8 Å². The molecule has 3 heteroatoms. The Kier molecular flexibility index (Phi) is 23.3. The minimum absolute atomic E-state index is 0.186. The molecule has 3 nitrogen and oxygen atoms in total. The van der Waals surface area contributed by atoms with Crippen molar-refractivity contribution in [1.29, 1.82) is 0 Å². The predicted octanol–water partition coefficient (Wildman–Crippen LogP) is 27.1. The summed E-state index contributed by atoms with van der Waals surface area (Å²) in [5.74, 6) is 1.62. The summed E-state index contributed by atoms with van der Waals surface area (Å²) in [4.78, 5) is 6.86. The van der Waals surface area contributed by atoms with Crippen molar-refractivity contribution in [3.05, 3.63) is 324 Å². The van der Waals surface area contributed by atoms with Gasteiger partial charge in [0.25, 0.3) is 0 Å². The van der Waals surface area contributed by atoms with Crippen LogP contribution in [0.3, 0.4) is 0 Å². The molecule has 0 N–H and O–H groups in total. The van der Waals surface area contributed by atoms with Crippen LogP contribution in [0.15, 0.2) is 273 Å². The van der Waals surface area contributed by atoms with Gasteiger partial charge in [-0.25, -0.2) is 0 Å². The van der Waals surface area contributed by atoms with Gasteiger partial charge in [0.15, 0.2) is 0 Å². The summed E-state index contributed by atoms with van der Waals surface area (Å²) in [5, 5.41) is 0. The Balaban J connectivity index is 0.000000160. The van der Waals surface area contributed by atoms with E-state index in [0.717, 1.165) is 68.6 Å². The van der Waals surface area contributed by atoms with Gasteiger partial charge in [0.1, 0.15) is 0 Å². The first-order valence-corrected chi connectivity index (χ1v) is 34.7. The molecular formula is C91H99N3. The van der Waals surface area contributed by atoms with Gasteiger partial charge in [0.2, 0.25) is 0 Å². The number of nitrogens with zero attached hydrogens (tertiary/aromatic N) is 3. The fourth-order valence-electron chi connectivity index (χ4n) is 13.8. The quantitative estimate of drug-likeness (QED) is 0.0632. The third-order valence-electron chi connectivity index (χ3n) is 19.2. The molecule has 11 aromatic rings. The topological polar surface area (TPSA) is 9.72 Å². The summed E-state index contributed by atoms with van der Waals surface area (Å²) in [6.07, 6.45) is 15.2. The maximum atomic E-state index is 3.88. The van der Waals surface area contributed by atoms with Gasteiger partial charge in [-0.1, -0.05) is 283 Å². The number of rotatable bonds is 23. The first-order chi connectivity index (χ1) is 45.8.